The third kappa shape index (κ3) is 3.85. The molecule has 2 fully saturated rings. The minimum atomic E-state index is 0.132. The summed E-state index contributed by atoms with van der Waals surface area (Å²) in [5, 5.41) is 0.159. The summed E-state index contributed by atoms with van der Waals surface area (Å²) < 4.78 is 11.8. The molecular weight excluding hydrogens is 248 g/mol. The molecule has 0 radical (unpaired) electrons. The maximum atomic E-state index is 6.19. The largest absolute Gasteiger partial charge is 0.375 e. The van der Waals surface area contributed by atoms with Crippen molar-refractivity contribution in [1.82, 2.24) is 0 Å². The van der Waals surface area contributed by atoms with E-state index in [9.17, 15) is 0 Å². The van der Waals surface area contributed by atoms with E-state index in [0.29, 0.717) is 0 Å². The van der Waals surface area contributed by atoms with E-state index in [1.807, 2.05) is 0 Å². The maximum Gasteiger partial charge on any atom is 0.100 e. The fourth-order valence-electron chi connectivity index (χ4n) is 3.13. The Balaban J connectivity index is 1.66. The van der Waals surface area contributed by atoms with Crippen LogP contribution >= 0.6 is 11.6 Å². The molecule has 2 saturated carbocycles. The number of alkyl halides is 1. The molecule has 3 heteroatoms. The third-order valence-corrected chi connectivity index (χ3v) is 4.71. The van der Waals surface area contributed by atoms with E-state index < -0.39 is 0 Å². The second-order valence-electron chi connectivity index (χ2n) is 6.10. The predicted molar refractivity (Wildman–Crippen MR) is 75.2 cm³/mol. The van der Waals surface area contributed by atoms with Gasteiger partial charge in [-0.3, -0.25) is 0 Å². The SMILES string of the molecule is CCCOC1C(Cl)CC1OCC1CCCC(C)C1. The first-order valence-electron chi connectivity index (χ1n) is 7.58. The van der Waals surface area contributed by atoms with E-state index in [2.05, 4.69) is 13.8 Å². The Bertz CT molecular complexity index is 247. The second kappa shape index (κ2) is 7.12. The van der Waals surface area contributed by atoms with E-state index in [1.165, 1.54) is 25.7 Å². The van der Waals surface area contributed by atoms with Crippen LogP contribution in [0.2, 0.25) is 0 Å². The van der Waals surface area contributed by atoms with Crippen LogP contribution in [-0.2, 0) is 9.47 Å². The molecule has 2 aliphatic rings. The molecule has 0 aromatic rings. The molecule has 0 amide bonds. The van der Waals surface area contributed by atoms with Gasteiger partial charge in [-0.25, -0.2) is 0 Å². The minimum Gasteiger partial charge on any atom is -0.375 e. The van der Waals surface area contributed by atoms with Gasteiger partial charge in [-0.05, 0) is 37.5 Å². The van der Waals surface area contributed by atoms with Crippen molar-refractivity contribution in [2.45, 2.75) is 70.0 Å². The van der Waals surface area contributed by atoms with Crippen molar-refractivity contribution in [3.63, 3.8) is 0 Å². The van der Waals surface area contributed by atoms with Gasteiger partial charge in [0.05, 0.1) is 11.5 Å². The summed E-state index contributed by atoms with van der Waals surface area (Å²) in [4.78, 5) is 0. The summed E-state index contributed by atoms with van der Waals surface area (Å²) >= 11 is 6.19. The van der Waals surface area contributed by atoms with Gasteiger partial charge in [0.1, 0.15) is 6.10 Å². The van der Waals surface area contributed by atoms with Crippen LogP contribution < -0.4 is 0 Å². The van der Waals surface area contributed by atoms with Crippen molar-refractivity contribution in [3.8, 4) is 0 Å². The van der Waals surface area contributed by atoms with Crippen molar-refractivity contribution in [2.75, 3.05) is 13.2 Å². The monoisotopic (exact) mass is 274 g/mol. The number of halogens is 1. The van der Waals surface area contributed by atoms with E-state index in [-0.39, 0.29) is 17.6 Å². The Morgan fingerprint density at radius 3 is 2.67 bits per heavy atom. The topological polar surface area (TPSA) is 18.5 Å². The van der Waals surface area contributed by atoms with Crippen molar-refractivity contribution >= 4 is 11.6 Å². The first-order chi connectivity index (χ1) is 8.70. The lowest BCUT2D eigenvalue weighted by molar-refractivity contribution is -0.132. The van der Waals surface area contributed by atoms with Crippen LogP contribution in [0.15, 0.2) is 0 Å². The van der Waals surface area contributed by atoms with Crippen LogP contribution in [0, 0.1) is 11.8 Å². The lowest BCUT2D eigenvalue weighted by Crippen LogP contribution is -2.51. The molecular formula is C15H27ClO2. The highest BCUT2D eigenvalue weighted by Gasteiger charge is 2.42. The molecule has 0 N–H and O–H groups in total. The lowest BCUT2D eigenvalue weighted by Gasteiger charge is -2.41. The van der Waals surface area contributed by atoms with Crippen LogP contribution in [0.3, 0.4) is 0 Å². The molecule has 0 aromatic heterocycles. The fraction of sp³-hybridized carbons (Fsp3) is 1.00. The molecule has 18 heavy (non-hydrogen) atoms. The van der Waals surface area contributed by atoms with Crippen molar-refractivity contribution in [3.05, 3.63) is 0 Å². The first-order valence-corrected chi connectivity index (χ1v) is 8.01. The number of hydrogen-bond acceptors (Lipinski definition) is 2. The van der Waals surface area contributed by atoms with Gasteiger partial charge >= 0.3 is 0 Å². The third-order valence-electron chi connectivity index (χ3n) is 4.29. The van der Waals surface area contributed by atoms with Gasteiger partial charge in [-0.2, -0.15) is 0 Å². The Morgan fingerprint density at radius 2 is 2.00 bits per heavy atom. The zero-order chi connectivity index (χ0) is 13.0. The van der Waals surface area contributed by atoms with Gasteiger partial charge < -0.3 is 9.47 Å². The van der Waals surface area contributed by atoms with E-state index in [1.54, 1.807) is 0 Å². The quantitative estimate of drug-likeness (QED) is 0.682. The Kier molecular flexibility index (Phi) is 5.78. The van der Waals surface area contributed by atoms with Gasteiger partial charge in [0, 0.05) is 13.2 Å². The smallest absolute Gasteiger partial charge is 0.100 e. The van der Waals surface area contributed by atoms with Crippen LogP contribution in [0.5, 0.6) is 0 Å². The zero-order valence-electron chi connectivity index (χ0n) is 11.7. The Hall–Kier alpha value is 0.210. The average Bonchev–Trinajstić information content (AvgIpc) is 2.34. The van der Waals surface area contributed by atoms with E-state index in [4.69, 9.17) is 21.1 Å². The fourth-order valence-corrected chi connectivity index (χ4v) is 3.54. The molecule has 0 aromatic carbocycles. The molecule has 0 bridgehead atoms. The van der Waals surface area contributed by atoms with E-state index in [0.717, 1.165) is 37.9 Å². The lowest BCUT2D eigenvalue weighted by atomic mass is 9.83. The second-order valence-corrected chi connectivity index (χ2v) is 6.66. The van der Waals surface area contributed by atoms with Gasteiger partial charge in [0.25, 0.3) is 0 Å². The average molecular weight is 275 g/mol. The minimum absolute atomic E-state index is 0.132. The van der Waals surface area contributed by atoms with Crippen molar-refractivity contribution in [1.29, 1.82) is 0 Å². The molecule has 2 nitrogen and oxygen atoms in total. The summed E-state index contributed by atoms with van der Waals surface area (Å²) in [6.07, 6.45) is 7.81. The molecule has 106 valence electrons. The summed E-state index contributed by atoms with van der Waals surface area (Å²) in [6, 6.07) is 0. The summed E-state index contributed by atoms with van der Waals surface area (Å²) in [5.41, 5.74) is 0. The molecule has 2 aliphatic carbocycles. The highest BCUT2D eigenvalue weighted by atomic mass is 35.5. The highest BCUT2D eigenvalue weighted by Crippen LogP contribution is 2.34. The number of rotatable bonds is 6. The molecule has 0 saturated heterocycles. The van der Waals surface area contributed by atoms with Crippen molar-refractivity contribution in [2.24, 2.45) is 11.8 Å². The normalized spacial score (nSPS) is 40.5. The predicted octanol–water partition coefficient (Wildman–Crippen LogP) is 4.00. The van der Waals surface area contributed by atoms with Crippen LogP contribution in [0.25, 0.3) is 0 Å². The molecule has 2 rings (SSSR count). The number of hydrogen-bond donors (Lipinski definition) is 0. The van der Waals surface area contributed by atoms with Gasteiger partial charge in [0.2, 0.25) is 0 Å². The molecule has 0 aliphatic heterocycles. The summed E-state index contributed by atoms with van der Waals surface area (Å²) in [6.45, 7) is 6.19. The molecule has 5 atom stereocenters. The Labute approximate surface area is 116 Å². The zero-order valence-corrected chi connectivity index (χ0v) is 12.5. The van der Waals surface area contributed by atoms with Crippen LogP contribution in [0.1, 0.15) is 52.4 Å². The highest BCUT2D eigenvalue weighted by molar-refractivity contribution is 6.21. The summed E-state index contributed by atoms with van der Waals surface area (Å²) in [5.74, 6) is 1.64. The van der Waals surface area contributed by atoms with Gasteiger partial charge in [-0.15, -0.1) is 11.6 Å². The van der Waals surface area contributed by atoms with E-state index >= 15 is 0 Å². The molecule has 0 heterocycles. The maximum absolute atomic E-state index is 6.19. The molecule has 0 spiro atoms. The number of ether oxygens (including phenoxy) is 2. The summed E-state index contributed by atoms with van der Waals surface area (Å²) in [7, 11) is 0. The Morgan fingerprint density at radius 1 is 1.17 bits per heavy atom. The molecule has 5 unspecified atom stereocenters. The first kappa shape index (κ1) is 14.6. The van der Waals surface area contributed by atoms with Crippen LogP contribution in [0.4, 0.5) is 0 Å². The van der Waals surface area contributed by atoms with Crippen LogP contribution in [-0.4, -0.2) is 30.8 Å². The van der Waals surface area contributed by atoms with Gasteiger partial charge in [-0.1, -0.05) is 26.7 Å². The van der Waals surface area contributed by atoms with Gasteiger partial charge in [0.15, 0.2) is 0 Å². The standard InChI is InChI=1S/C15H27ClO2/c1-3-7-17-15-13(16)9-14(15)18-10-12-6-4-5-11(2)8-12/h11-15H,3-10H2,1-2H3. The van der Waals surface area contributed by atoms with Crippen molar-refractivity contribution < 1.29 is 9.47 Å².